The standard InChI is InChI=1S/C24H26N6O2/c1-5-16(10-15(4)31)21(25)20-22(26)28-13-29-23(20)27-12-18-11-17-8-6-7-9-19(17)24(32)30(18)14(2)3/h5-11,13-14,25,31H,1,4,12H2,2-3H3,(H3,26,27,28,29)/b16-10+,25-21?. The highest BCUT2D eigenvalue weighted by Crippen LogP contribution is 2.23. The predicted molar refractivity (Wildman–Crippen MR) is 129 cm³/mol. The van der Waals surface area contributed by atoms with Gasteiger partial charge in [0.1, 0.15) is 23.7 Å². The van der Waals surface area contributed by atoms with E-state index in [1.165, 1.54) is 18.5 Å². The smallest absolute Gasteiger partial charge is 0.258 e. The maximum Gasteiger partial charge on any atom is 0.258 e. The van der Waals surface area contributed by atoms with E-state index in [1.807, 2.05) is 44.2 Å². The lowest BCUT2D eigenvalue weighted by Gasteiger charge is -2.19. The van der Waals surface area contributed by atoms with E-state index in [-0.39, 0.29) is 41.0 Å². The molecule has 2 aromatic heterocycles. The largest absolute Gasteiger partial charge is 0.509 e. The Morgan fingerprint density at radius 3 is 2.72 bits per heavy atom. The van der Waals surface area contributed by atoms with Crippen LogP contribution in [0.25, 0.3) is 10.8 Å². The van der Waals surface area contributed by atoms with E-state index in [0.717, 1.165) is 11.1 Å². The van der Waals surface area contributed by atoms with Crippen molar-refractivity contribution in [2.45, 2.75) is 26.4 Å². The molecular formula is C24H26N6O2. The van der Waals surface area contributed by atoms with Gasteiger partial charge in [0.05, 0.1) is 17.8 Å². The van der Waals surface area contributed by atoms with Gasteiger partial charge in [0, 0.05) is 22.7 Å². The van der Waals surface area contributed by atoms with Gasteiger partial charge in [-0.2, -0.15) is 0 Å². The Balaban J connectivity index is 2.04. The number of nitrogens with zero attached hydrogens (tertiary/aromatic N) is 3. The van der Waals surface area contributed by atoms with E-state index in [1.54, 1.807) is 4.57 Å². The van der Waals surface area contributed by atoms with Crippen LogP contribution in [0, 0.1) is 5.41 Å². The molecule has 2 heterocycles. The number of nitrogen functional groups attached to an aromatic ring is 1. The van der Waals surface area contributed by atoms with E-state index in [0.29, 0.717) is 16.8 Å². The Morgan fingerprint density at radius 2 is 2.06 bits per heavy atom. The number of nitrogens with one attached hydrogen (secondary N) is 2. The summed E-state index contributed by atoms with van der Waals surface area (Å²) in [5.74, 6) is 0.213. The normalized spacial score (nSPS) is 11.5. The number of aliphatic hydroxyl groups excluding tert-OH is 1. The van der Waals surface area contributed by atoms with Crippen LogP contribution in [0.1, 0.15) is 31.1 Å². The summed E-state index contributed by atoms with van der Waals surface area (Å²) in [6, 6.07) is 9.36. The van der Waals surface area contributed by atoms with Gasteiger partial charge in [0.15, 0.2) is 0 Å². The zero-order valence-electron chi connectivity index (χ0n) is 18.1. The number of aromatic nitrogens is 3. The zero-order valence-corrected chi connectivity index (χ0v) is 18.1. The summed E-state index contributed by atoms with van der Waals surface area (Å²) in [5.41, 5.74) is 7.31. The lowest BCUT2D eigenvalue weighted by Crippen LogP contribution is -2.27. The summed E-state index contributed by atoms with van der Waals surface area (Å²) < 4.78 is 1.73. The van der Waals surface area contributed by atoms with Crippen molar-refractivity contribution < 1.29 is 5.11 Å². The maximum absolute atomic E-state index is 13.1. The molecule has 0 saturated heterocycles. The third-order valence-corrected chi connectivity index (χ3v) is 4.95. The van der Waals surface area contributed by atoms with Gasteiger partial charge in [-0.05, 0) is 37.4 Å². The van der Waals surface area contributed by atoms with Gasteiger partial charge in [0.2, 0.25) is 0 Å². The molecule has 0 atom stereocenters. The summed E-state index contributed by atoms with van der Waals surface area (Å²) in [7, 11) is 0. The Kier molecular flexibility index (Phi) is 6.53. The Bertz CT molecular complexity index is 1300. The summed E-state index contributed by atoms with van der Waals surface area (Å²) >= 11 is 0. The van der Waals surface area contributed by atoms with Crippen LogP contribution >= 0.6 is 0 Å². The van der Waals surface area contributed by atoms with Crippen molar-refractivity contribution >= 4 is 28.1 Å². The number of pyridine rings is 1. The maximum atomic E-state index is 13.1. The fourth-order valence-corrected chi connectivity index (χ4v) is 3.54. The number of benzene rings is 1. The number of rotatable bonds is 8. The molecule has 8 heteroatoms. The average molecular weight is 431 g/mol. The van der Waals surface area contributed by atoms with Crippen LogP contribution in [0.4, 0.5) is 11.6 Å². The minimum absolute atomic E-state index is 0.0180. The molecule has 0 spiro atoms. The SMILES string of the molecule is C=C/C(=C\C(=C)O)C(=N)c1c(N)ncnc1NCc1cc2ccccc2c(=O)n1C(C)C. The predicted octanol–water partition coefficient (Wildman–Crippen LogP) is 4.12. The lowest BCUT2D eigenvalue weighted by molar-refractivity contribution is 0.435. The molecule has 3 rings (SSSR count). The monoisotopic (exact) mass is 430 g/mol. The van der Waals surface area contributed by atoms with E-state index < -0.39 is 0 Å². The molecular weight excluding hydrogens is 404 g/mol. The lowest BCUT2D eigenvalue weighted by atomic mass is 10.0. The van der Waals surface area contributed by atoms with Crippen molar-refractivity contribution in [3.63, 3.8) is 0 Å². The van der Waals surface area contributed by atoms with Crippen molar-refractivity contribution in [1.82, 2.24) is 14.5 Å². The van der Waals surface area contributed by atoms with Gasteiger partial charge < -0.3 is 20.7 Å². The number of aliphatic hydroxyl groups is 1. The number of nitrogens with two attached hydrogens (primary N) is 1. The van der Waals surface area contributed by atoms with Crippen LogP contribution in [-0.4, -0.2) is 25.4 Å². The minimum Gasteiger partial charge on any atom is -0.509 e. The first-order chi connectivity index (χ1) is 15.2. The number of allylic oxidation sites excluding steroid dienone is 3. The molecule has 0 radical (unpaired) electrons. The van der Waals surface area contributed by atoms with Gasteiger partial charge >= 0.3 is 0 Å². The number of hydrogen-bond donors (Lipinski definition) is 4. The molecule has 0 aliphatic carbocycles. The van der Waals surface area contributed by atoms with Crippen LogP contribution in [0.3, 0.4) is 0 Å². The van der Waals surface area contributed by atoms with Crippen molar-refractivity contribution in [1.29, 1.82) is 5.41 Å². The van der Waals surface area contributed by atoms with E-state index >= 15 is 0 Å². The topological polar surface area (TPSA) is 130 Å². The number of hydrogen-bond acceptors (Lipinski definition) is 7. The van der Waals surface area contributed by atoms with Gasteiger partial charge in [-0.3, -0.25) is 10.2 Å². The first-order valence-corrected chi connectivity index (χ1v) is 10.0. The van der Waals surface area contributed by atoms with Crippen molar-refractivity contribution in [2.75, 3.05) is 11.1 Å². The molecule has 8 nitrogen and oxygen atoms in total. The Labute approximate surface area is 186 Å². The summed E-state index contributed by atoms with van der Waals surface area (Å²) in [6.45, 7) is 11.3. The van der Waals surface area contributed by atoms with Crippen LogP contribution in [0.5, 0.6) is 0 Å². The molecule has 1 aromatic carbocycles. The van der Waals surface area contributed by atoms with Gasteiger partial charge in [-0.15, -0.1) is 0 Å². The zero-order chi connectivity index (χ0) is 23.4. The van der Waals surface area contributed by atoms with Gasteiger partial charge in [-0.1, -0.05) is 37.4 Å². The highest BCUT2D eigenvalue weighted by atomic mass is 16.3. The molecule has 0 amide bonds. The molecule has 0 aliphatic heterocycles. The van der Waals surface area contributed by atoms with Gasteiger partial charge in [-0.25, -0.2) is 9.97 Å². The van der Waals surface area contributed by atoms with Crippen LogP contribution in [0.2, 0.25) is 0 Å². The molecule has 32 heavy (non-hydrogen) atoms. The third-order valence-electron chi connectivity index (χ3n) is 4.95. The number of fused-ring (bicyclic) bond motifs is 1. The summed E-state index contributed by atoms with van der Waals surface area (Å²) in [4.78, 5) is 21.3. The summed E-state index contributed by atoms with van der Waals surface area (Å²) in [5, 5.41) is 22.8. The Hall–Kier alpha value is -4.20. The second-order valence-electron chi connectivity index (χ2n) is 7.50. The average Bonchev–Trinajstić information content (AvgIpc) is 2.75. The first-order valence-electron chi connectivity index (χ1n) is 10.0. The second-order valence-corrected chi connectivity index (χ2v) is 7.50. The van der Waals surface area contributed by atoms with E-state index in [2.05, 4.69) is 28.4 Å². The summed E-state index contributed by atoms with van der Waals surface area (Å²) in [6.07, 6.45) is 4.03. The molecule has 0 saturated carbocycles. The van der Waals surface area contributed by atoms with Crippen molar-refractivity contribution in [3.8, 4) is 0 Å². The van der Waals surface area contributed by atoms with Crippen LogP contribution in [0.15, 0.2) is 78.1 Å². The van der Waals surface area contributed by atoms with Crippen molar-refractivity contribution in [3.05, 3.63) is 94.9 Å². The highest BCUT2D eigenvalue weighted by molar-refractivity contribution is 6.17. The first kappa shape index (κ1) is 22.5. The third kappa shape index (κ3) is 4.44. The fraction of sp³-hybridized carbons (Fsp3) is 0.167. The second kappa shape index (κ2) is 9.30. The minimum atomic E-state index is -0.216. The van der Waals surface area contributed by atoms with E-state index in [9.17, 15) is 9.90 Å². The Morgan fingerprint density at radius 1 is 1.34 bits per heavy atom. The molecule has 0 unspecified atom stereocenters. The quantitative estimate of drug-likeness (QED) is 0.242. The molecule has 0 fully saturated rings. The molecule has 5 N–H and O–H groups in total. The van der Waals surface area contributed by atoms with Crippen LogP contribution in [-0.2, 0) is 6.54 Å². The van der Waals surface area contributed by atoms with E-state index in [4.69, 9.17) is 11.1 Å². The molecule has 0 bridgehead atoms. The number of anilines is 2. The highest BCUT2D eigenvalue weighted by Gasteiger charge is 2.18. The van der Waals surface area contributed by atoms with Crippen LogP contribution < -0.4 is 16.6 Å². The molecule has 164 valence electrons. The fourth-order valence-electron chi connectivity index (χ4n) is 3.54. The van der Waals surface area contributed by atoms with Crippen molar-refractivity contribution in [2.24, 2.45) is 0 Å². The molecule has 0 aliphatic rings. The van der Waals surface area contributed by atoms with Gasteiger partial charge in [0.25, 0.3) is 5.56 Å². The molecule has 3 aromatic rings.